The van der Waals surface area contributed by atoms with Gasteiger partial charge in [0, 0.05) is 10.6 Å². The van der Waals surface area contributed by atoms with Crippen LogP contribution in [-0.2, 0) is 14.6 Å². The molecule has 1 N–H and O–H groups in total. The van der Waals surface area contributed by atoms with E-state index in [1.165, 1.54) is 10.4 Å². The van der Waals surface area contributed by atoms with E-state index in [0.717, 1.165) is 5.56 Å². The van der Waals surface area contributed by atoms with Crippen molar-refractivity contribution >= 4 is 32.8 Å². The fourth-order valence-corrected chi connectivity index (χ4v) is 5.32. The van der Waals surface area contributed by atoms with E-state index in [1.807, 2.05) is 29.6 Å². The van der Waals surface area contributed by atoms with Crippen LogP contribution in [0.5, 0.6) is 0 Å². The van der Waals surface area contributed by atoms with Gasteiger partial charge < -0.3 is 5.32 Å². The Balaban J connectivity index is 1.76. The van der Waals surface area contributed by atoms with Crippen molar-refractivity contribution in [2.45, 2.75) is 13.3 Å². The van der Waals surface area contributed by atoms with Crippen molar-refractivity contribution in [3.8, 4) is 10.4 Å². The number of aryl methyl sites for hydroxylation is 1. The third-order valence-corrected chi connectivity index (χ3v) is 6.69. The van der Waals surface area contributed by atoms with Crippen LogP contribution in [0.15, 0.2) is 35.7 Å². The first kappa shape index (κ1) is 15.2. The number of hydrogen-bond donors (Lipinski definition) is 1. The van der Waals surface area contributed by atoms with Crippen LogP contribution in [0.3, 0.4) is 0 Å². The lowest BCUT2D eigenvalue weighted by Crippen LogP contribution is -2.23. The van der Waals surface area contributed by atoms with Crippen molar-refractivity contribution in [2.75, 3.05) is 16.8 Å². The van der Waals surface area contributed by atoms with Gasteiger partial charge in [-0.25, -0.2) is 8.42 Å². The standard InChI is InChI=1S/C16H17NO3S2/c1-11-5-7-21-15(11)12-3-2-4-14(9-12)17-16(18)13-6-8-22(19,20)10-13/h2-5,7,9,13H,6,8,10H2,1H3,(H,17,18)/t13-/m1/s1. The zero-order chi connectivity index (χ0) is 15.7. The highest BCUT2D eigenvalue weighted by Crippen LogP contribution is 2.31. The number of amides is 1. The number of sulfone groups is 1. The summed E-state index contributed by atoms with van der Waals surface area (Å²) in [6.07, 6.45) is 0.415. The molecule has 0 bridgehead atoms. The summed E-state index contributed by atoms with van der Waals surface area (Å²) in [4.78, 5) is 13.4. The summed E-state index contributed by atoms with van der Waals surface area (Å²) in [5, 5.41) is 4.89. The van der Waals surface area contributed by atoms with E-state index in [9.17, 15) is 13.2 Å². The van der Waals surface area contributed by atoms with E-state index in [1.54, 1.807) is 11.3 Å². The molecule has 1 aliphatic rings. The highest BCUT2D eigenvalue weighted by atomic mass is 32.2. The van der Waals surface area contributed by atoms with Crippen molar-refractivity contribution in [3.05, 3.63) is 41.3 Å². The lowest BCUT2D eigenvalue weighted by atomic mass is 10.1. The Morgan fingerprint density at radius 3 is 2.77 bits per heavy atom. The van der Waals surface area contributed by atoms with E-state index in [2.05, 4.69) is 18.3 Å². The molecule has 0 spiro atoms. The zero-order valence-electron chi connectivity index (χ0n) is 12.2. The minimum Gasteiger partial charge on any atom is -0.326 e. The number of hydrogen-bond acceptors (Lipinski definition) is 4. The molecule has 0 unspecified atom stereocenters. The molecule has 0 radical (unpaired) electrons. The van der Waals surface area contributed by atoms with Gasteiger partial charge in [0.2, 0.25) is 5.91 Å². The molecule has 1 aromatic carbocycles. The molecule has 116 valence electrons. The summed E-state index contributed by atoms with van der Waals surface area (Å²) < 4.78 is 22.9. The second-order valence-corrected chi connectivity index (χ2v) is 8.75. The Labute approximate surface area is 134 Å². The van der Waals surface area contributed by atoms with Crippen LogP contribution in [0.25, 0.3) is 10.4 Å². The third kappa shape index (κ3) is 3.23. The summed E-state index contributed by atoms with van der Waals surface area (Å²) in [5.74, 6) is -0.569. The van der Waals surface area contributed by atoms with Gasteiger partial charge in [0.05, 0.1) is 17.4 Å². The van der Waals surface area contributed by atoms with Crippen molar-refractivity contribution in [3.63, 3.8) is 0 Å². The average Bonchev–Trinajstić information content (AvgIpc) is 3.05. The first-order valence-electron chi connectivity index (χ1n) is 7.10. The molecule has 22 heavy (non-hydrogen) atoms. The summed E-state index contributed by atoms with van der Waals surface area (Å²) >= 11 is 1.66. The monoisotopic (exact) mass is 335 g/mol. The Kier molecular flexibility index (Phi) is 4.06. The van der Waals surface area contributed by atoms with Crippen LogP contribution >= 0.6 is 11.3 Å². The van der Waals surface area contributed by atoms with Gasteiger partial charge >= 0.3 is 0 Å². The highest BCUT2D eigenvalue weighted by molar-refractivity contribution is 7.91. The molecule has 1 saturated heterocycles. The summed E-state index contributed by atoms with van der Waals surface area (Å²) in [6, 6.07) is 9.73. The SMILES string of the molecule is Cc1ccsc1-c1cccc(NC(=O)[C@@H]2CCS(=O)(=O)C2)c1. The predicted molar refractivity (Wildman–Crippen MR) is 89.9 cm³/mol. The minimum atomic E-state index is -3.04. The normalized spacial score (nSPS) is 20.0. The Bertz CT molecular complexity index is 808. The first-order chi connectivity index (χ1) is 10.4. The molecule has 1 fully saturated rings. The van der Waals surface area contributed by atoms with E-state index >= 15 is 0 Å². The number of nitrogens with one attached hydrogen (secondary N) is 1. The van der Waals surface area contributed by atoms with Gasteiger partial charge in [-0.15, -0.1) is 11.3 Å². The predicted octanol–water partition coefficient (Wildman–Crippen LogP) is 3.10. The summed E-state index contributed by atoms with van der Waals surface area (Å²) in [5.41, 5.74) is 2.97. The highest BCUT2D eigenvalue weighted by Gasteiger charge is 2.32. The topological polar surface area (TPSA) is 63.2 Å². The van der Waals surface area contributed by atoms with Crippen LogP contribution in [0.2, 0.25) is 0 Å². The van der Waals surface area contributed by atoms with Crippen LogP contribution < -0.4 is 5.32 Å². The number of thiophene rings is 1. The maximum atomic E-state index is 12.2. The van der Waals surface area contributed by atoms with Crippen LogP contribution in [0, 0.1) is 12.8 Å². The molecular formula is C16H17NO3S2. The maximum Gasteiger partial charge on any atom is 0.228 e. The van der Waals surface area contributed by atoms with Gasteiger partial charge in [0.1, 0.15) is 0 Å². The zero-order valence-corrected chi connectivity index (χ0v) is 13.8. The smallest absolute Gasteiger partial charge is 0.228 e. The molecule has 2 heterocycles. The number of carbonyl (C=O) groups excluding carboxylic acids is 1. The fraction of sp³-hybridized carbons (Fsp3) is 0.312. The van der Waals surface area contributed by atoms with Crippen LogP contribution in [0.4, 0.5) is 5.69 Å². The van der Waals surface area contributed by atoms with Crippen molar-refractivity contribution in [1.29, 1.82) is 0 Å². The second-order valence-electron chi connectivity index (χ2n) is 5.60. The molecular weight excluding hydrogens is 318 g/mol. The van der Waals surface area contributed by atoms with Gasteiger partial charge in [-0.05, 0) is 48.1 Å². The number of benzene rings is 1. The molecule has 4 nitrogen and oxygen atoms in total. The van der Waals surface area contributed by atoms with Gasteiger partial charge in [-0.2, -0.15) is 0 Å². The van der Waals surface area contributed by atoms with Crippen molar-refractivity contribution < 1.29 is 13.2 Å². The molecule has 0 aliphatic carbocycles. The Hall–Kier alpha value is -1.66. The number of rotatable bonds is 3. The molecule has 1 aromatic heterocycles. The van der Waals surface area contributed by atoms with Gasteiger partial charge in [0.25, 0.3) is 0 Å². The van der Waals surface area contributed by atoms with Gasteiger partial charge in [0.15, 0.2) is 9.84 Å². The van der Waals surface area contributed by atoms with Crippen LogP contribution in [0.1, 0.15) is 12.0 Å². The van der Waals surface area contributed by atoms with E-state index in [-0.39, 0.29) is 17.4 Å². The second kappa shape index (κ2) is 5.85. The number of anilines is 1. The lowest BCUT2D eigenvalue weighted by molar-refractivity contribution is -0.119. The van der Waals surface area contributed by atoms with Gasteiger partial charge in [-0.3, -0.25) is 4.79 Å². The van der Waals surface area contributed by atoms with Crippen molar-refractivity contribution in [2.24, 2.45) is 5.92 Å². The number of carbonyl (C=O) groups is 1. The third-order valence-electron chi connectivity index (χ3n) is 3.86. The average molecular weight is 335 g/mol. The fourth-order valence-electron chi connectivity index (χ4n) is 2.65. The molecule has 3 rings (SSSR count). The quantitative estimate of drug-likeness (QED) is 0.937. The lowest BCUT2D eigenvalue weighted by Gasteiger charge is -2.10. The van der Waals surface area contributed by atoms with Gasteiger partial charge in [-0.1, -0.05) is 12.1 Å². The Morgan fingerprint density at radius 1 is 1.32 bits per heavy atom. The molecule has 6 heteroatoms. The maximum absolute atomic E-state index is 12.2. The molecule has 1 atom stereocenters. The molecule has 2 aromatic rings. The largest absolute Gasteiger partial charge is 0.326 e. The Morgan fingerprint density at radius 2 is 2.14 bits per heavy atom. The van der Waals surface area contributed by atoms with Crippen LogP contribution in [-0.4, -0.2) is 25.8 Å². The molecule has 0 saturated carbocycles. The molecule has 1 amide bonds. The first-order valence-corrected chi connectivity index (χ1v) is 9.80. The summed E-state index contributed by atoms with van der Waals surface area (Å²) in [7, 11) is -3.04. The van der Waals surface area contributed by atoms with E-state index < -0.39 is 15.8 Å². The van der Waals surface area contributed by atoms with E-state index in [0.29, 0.717) is 12.1 Å². The summed E-state index contributed by atoms with van der Waals surface area (Å²) in [6.45, 7) is 2.06. The molecule has 1 aliphatic heterocycles. The van der Waals surface area contributed by atoms with Crippen molar-refractivity contribution in [1.82, 2.24) is 0 Å². The minimum absolute atomic E-state index is 0.0391. The van der Waals surface area contributed by atoms with E-state index in [4.69, 9.17) is 0 Å².